The van der Waals surface area contributed by atoms with E-state index in [2.05, 4.69) is 5.32 Å². The minimum atomic E-state index is -1.04. The van der Waals surface area contributed by atoms with Crippen molar-refractivity contribution in [2.24, 2.45) is 11.6 Å². The van der Waals surface area contributed by atoms with Crippen molar-refractivity contribution in [1.29, 1.82) is 5.41 Å². The summed E-state index contributed by atoms with van der Waals surface area (Å²) in [5, 5.41) is 27.3. The molecule has 1 saturated heterocycles. The second kappa shape index (κ2) is 16.9. The van der Waals surface area contributed by atoms with Crippen LogP contribution in [0.2, 0.25) is 0 Å². The maximum Gasteiger partial charge on any atom is 0.343 e. The Balaban J connectivity index is 0.000000418. The number of benzene rings is 2. The summed E-state index contributed by atoms with van der Waals surface area (Å²) in [6.45, 7) is 4.11. The average Bonchev–Trinajstić information content (AvgIpc) is 3.30. The Kier molecular flexibility index (Phi) is 14.0. The number of hydrogen-bond acceptors (Lipinski definition) is 9. The summed E-state index contributed by atoms with van der Waals surface area (Å²) in [6.07, 6.45) is 4.26. The van der Waals surface area contributed by atoms with Crippen LogP contribution in [0.15, 0.2) is 54.6 Å². The van der Waals surface area contributed by atoms with Crippen LogP contribution in [0.25, 0.3) is 6.08 Å². The van der Waals surface area contributed by atoms with Crippen LogP contribution in [-0.2, 0) is 19.1 Å². The smallest absolute Gasteiger partial charge is 0.343 e. The van der Waals surface area contributed by atoms with Crippen LogP contribution in [0.4, 0.5) is 5.69 Å². The highest BCUT2D eigenvalue weighted by molar-refractivity contribution is 5.92. The fourth-order valence-corrected chi connectivity index (χ4v) is 3.11. The zero-order chi connectivity index (χ0) is 29.4. The summed E-state index contributed by atoms with van der Waals surface area (Å²) < 4.78 is 10.1. The standard InChI is InChI=1S/C17H15N3O4.C7H14N2O2.C2H4O2/c18-17(19)20-13-6-8-14(9-7-13)24-16(23)12-4-1-11(2-5-12)3-10-15(21)22;1-2-11-7(10)6-4-3-5-9(6)8;1-2(3)4/h1-10H,(H,21,22)(H4,18,19,20);6H,2-5,8H2,1H3;1H3,(H,3,4)/t;6-;/m.1./s1. The number of carbonyl (C=O) groups is 4. The van der Waals surface area contributed by atoms with Gasteiger partial charge in [-0.2, -0.15) is 0 Å². The van der Waals surface area contributed by atoms with Gasteiger partial charge in [0.15, 0.2) is 5.96 Å². The van der Waals surface area contributed by atoms with Gasteiger partial charge >= 0.3 is 17.9 Å². The molecule has 13 nitrogen and oxygen atoms in total. The Morgan fingerprint density at radius 3 is 2.15 bits per heavy atom. The Labute approximate surface area is 225 Å². The number of nitrogens with two attached hydrogens (primary N) is 2. The number of nitrogens with one attached hydrogen (secondary N) is 2. The molecule has 210 valence electrons. The molecule has 3 rings (SSSR count). The molecule has 1 aliphatic rings. The van der Waals surface area contributed by atoms with Crippen molar-refractivity contribution in [2.45, 2.75) is 32.7 Å². The van der Waals surface area contributed by atoms with Crippen molar-refractivity contribution < 1.29 is 38.9 Å². The molecular formula is C26H33N5O8. The minimum absolute atomic E-state index is 0.184. The molecule has 0 bridgehead atoms. The number of guanidine groups is 1. The van der Waals surface area contributed by atoms with E-state index < -0.39 is 17.9 Å². The quantitative estimate of drug-likeness (QED) is 0.0740. The predicted octanol–water partition coefficient (Wildman–Crippen LogP) is 2.29. The Bertz CT molecular complexity index is 1150. The number of aliphatic carboxylic acids is 2. The van der Waals surface area contributed by atoms with Gasteiger partial charge in [0.05, 0.1) is 12.2 Å². The third kappa shape index (κ3) is 13.4. The van der Waals surface area contributed by atoms with Crippen molar-refractivity contribution >= 4 is 41.6 Å². The third-order valence-electron chi connectivity index (χ3n) is 4.76. The first-order valence-electron chi connectivity index (χ1n) is 11.7. The maximum atomic E-state index is 12.1. The first-order chi connectivity index (χ1) is 18.4. The van der Waals surface area contributed by atoms with Gasteiger partial charge in [-0.25, -0.2) is 14.6 Å². The molecule has 1 fully saturated rings. The maximum absolute atomic E-state index is 12.1. The lowest BCUT2D eigenvalue weighted by Crippen LogP contribution is -2.41. The van der Waals surface area contributed by atoms with Gasteiger partial charge < -0.3 is 30.7 Å². The van der Waals surface area contributed by atoms with Crippen molar-refractivity contribution in [3.8, 4) is 5.75 Å². The Hall–Kier alpha value is -4.75. The lowest BCUT2D eigenvalue weighted by Gasteiger charge is -2.16. The van der Waals surface area contributed by atoms with Gasteiger partial charge in [0, 0.05) is 25.2 Å². The second-order valence-corrected chi connectivity index (χ2v) is 7.91. The number of carboxylic acid groups (broad SMARTS) is 2. The van der Waals surface area contributed by atoms with E-state index >= 15 is 0 Å². The summed E-state index contributed by atoms with van der Waals surface area (Å²) in [6, 6.07) is 12.6. The van der Waals surface area contributed by atoms with Gasteiger partial charge in [-0.05, 0) is 67.8 Å². The monoisotopic (exact) mass is 543 g/mol. The highest BCUT2D eigenvalue weighted by Crippen LogP contribution is 2.17. The molecule has 0 amide bonds. The number of hydrogen-bond donors (Lipinski definition) is 6. The van der Waals surface area contributed by atoms with Gasteiger partial charge in [-0.15, -0.1) is 0 Å². The topological polar surface area (TPSA) is 218 Å². The van der Waals surface area contributed by atoms with E-state index in [1.54, 1.807) is 60.5 Å². The van der Waals surface area contributed by atoms with Crippen molar-refractivity contribution in [1.82, 2.24) is 5.01 Å². The molecule has 2 aromatic rings. The van der Waals surface area contributed by atoms with Gasteiger partial charge in [0.1, 0.15) is 11.8 Å². The summed E-state index contributed by atoms with van der Waals surface area (Å²) >= 11 is 0. The summed E-state index contributed by atoms with van der Waals surface area (Å²) in [7, 11) is 0. The molecule has 0 spiro atoms. The molecule has 1 atom stereocenters. The van der Waals surface area contributed by atoms with Gasteiger partial charge in [-0.1, -0.05) is 12.1 Å². The molecule has 39 heavy (non-hydrogen) atoms. The molecule has 13 heteroatoms. The predicted molar refractivity (Wildman–Crippen MR) is 144 cm³/mol. The average molecular weight is 544 g/mol. The van der Waals surface area contributed by atoms with Crippen LogP contribution < -0.4 is 21.6 Å². The van der Waals surface area contributed by atoms with Crippen molar-refractivity contribution in [2.75, 3.05) is 18.5 Å². The van der Waals surface area contributed by atoms with Crippen LogP contribution in [0.5, 0.6) is 5.75 Å². The largest absolute Gasteiger partial charge is 0.481 e. The van der Waals surface area contributed by atoms with Crippen LogP contribution in [-0.4, -0.2) is 64.3 Å². The van der Waals surface area contributed by atoms with E-state index in [1.165, 1.54) is 6.08 Å². The molecule has 1 aliphatic heterocycles. The van der Waals surface area contributed by atoms with Gasteiger partial charge in [0.2, 0.25) is 0 Å². The van der Waals surface area contributed by atoms with E-state index in [4.69, 9.17) is 41.5 Å². The normalized spacial score (nSPS) is 14.2. The van der Waals surface area contributed by atoms with Crippen LogP contribution in [0, 0.1) is 5.41 Å². The fourth-order valence-electron chi connectivity index (χ4n) is 3.11. The number of esters is 2. The number of carboxylic acids is 2. The van der Waals surface area contributed by atoms with Crippen LogP contribution in [0.1, 0.15) is 42.6 Å². The Morgan fingerprint density at radius 2 is 1.69 bits per heavy atom. The molecule has 0 radical (unpaired) electrons. The molecule has 0 saturated carbocycles. The van der Waals surface area contributed by atoms with E-state index in [0.29, 0.717) is 29.2 Å². The number of anilines is 1. The number of nitrogens with zero attached hydrogens (tertiary/aromatic N) is 1. The summed E-state index contributed by atoms with van der Waals surface area (Å²) in [5.74, 6) is 3.12. The number of carbonyl (C=O) groups excluding carboxylic acids is 2. The first kappa shape index (κ1) is 32.3. The molecule has 2 aromatic carbocycles. The van der Waals surface area contributed by atoms with Crippen LogP contribution in [0.3, 0.4) is 0 Å². The van der Waals surface area contributed by atoms with Crippen molar-refractivity contribution in [3.05, 3.63) is 65.7 Å². The summed E-state index contributed by atoms with van der Waals surface area (Å²) in [5.41, 5.74) is 6.83. The molecule has 0 aliphatic carbocycles. The lowest BCUT2D eigenvalue weighted by molar-refractivity contribution is -0.148. The molecule has 1 heterocycles. The lowest BCUT2D eigenvalue weighted by atomic mass is 10.1. The highest BCUT2D eigenvalue weighted by atomic mass is 16.5. The second-order valence-electron chi connectivity index (χ2n) is 7.91. The summed E-state index contributed by atoms with van der Waals surface area (Å²) in [4.78, 5) is 42.6. The zero-order valence-electron chi connectivity index (χ0n) is 21.6. The van der Waals surface area contributed by atoms with Crippen LogP contribution >= 0.6 is 0 Å². The molecule has 0 aromatic heterocycles. The highest BCUT2D eigenvalue weighted by Gasteiger charge is 2.29. The molecule has 0 unspecified atom stereocenters. The molecular weight excluding hydrogens is 510 g/mol. The SMILES string of the molecule is CC(=O)O.CCOC(=O)[C@H]1CCCN1N.N=C(N)Nc1ccc(OC(=O)c2ccc(C=CC(=O)O)cc2)cc1. The van der Waals surface area contributed by atoms with Gasteiger partial charge in [0.25, 0.3) is 5.97 Å². The minimum Gasteiger partial charge on any atom is -0.481 e. The van der Waals surface area contributed by atoms with E-state index in [0.717, 1.165) is 32.4 Å². The zero-order valence-corrected chi connectivity index (χ0v) is 21.6. The van der Waals surface area contributed by atoms with Gasteiger partial charge in [-0.3, -0.25) is 20.8 Å². The first-order valence-corrected chi connectivity index (χ1v) is 11.7. The third-order valence-corrected chi connectivity index (χ3v) is 4.76. The fraction of sp³-hybridized carbons (Fsp3) is 0.269. The van der Waals surface area contributed by atoms with Crippen molar-refractivity contribution in [3.63, 3.8) is 0 Å². The van der Waals surface area contributed by atoms with E-state index in [-0.39, 0.29) is 18.0 Å². The van der Waals surface area contributed by atoms with E-state index in [9.17, 15) is 14.4 Å². The molecule has 8 N–H and O–H groups in total. The Morgan fingerprint density at radius 1 is 1.10 bits per heavy atom. The number of rotatable bonds is 7. The number of ether oxygens (including phenoxy) is 2. The van der Waals surface area contributed by atoms with E-state index in [1.807, 2.05) is 0 Å². The number of hydrazine groups is 1.